The first-order chi connectivity index (χ1) is 14.6. The van der Waals surface area contributed by atoms with E-state index >= 15 is 0 Å². The summed E-state index contributed by atoms with van der Waals surface area (Å²) >= 11 is 5.93. The molecule has 2 aromatic carbocycles. The molecule has 0 aliphatic carbocycles. The lowest BCUT2D eigenvalue weighted by Crippen LogP contribution is -2.45. The third-order valence-electron chi connectivity index (χ3n) is 4.62. The van der Waals surface area contributed by atoms with Crippen molar-refractivity contribution >= 4 is 17.5 Å². The molecular weight excluding hydrogens is 425 g/mol. The minimum absolute atomic E-state index is 0.145. The Bertz CT molecular complexity index is 1160. The Balaban J connectivity index is 2.08. The Morgan fingerprint density at radius 2 is 1.90 bits per heavy atom. The summed E-state index contributed by atoms with van der Waals surface area (Å²) in [6.45, 7) is 2.51. The Morgan fingerprint density at radius 1 is 1.23 bits per heavy atom. The van der Waals surface area contributed by atoms with E-state index in [1.54, 1.807) is 24.3 Å². The van der Waals surface area contributed by atoms with Crippen LogP contribution in [0.2, 0.25) is 5.02 Å². The van der Waals surface area contributed by atoms with Crippen molar-refractivity contribution < 1.29 is 19.4 Å². The predicted molar refractivity (Wildman–Crippen MR) is 115 cm³/mol. The predicted octanol–water partition coefficient (Wildman–Crippen LogP) is 2.55. The van der Waals surface area contributed by atoms with Crippen LogP contribution in [0.3, 0.4) is 0 Å². The largest absolute Gasteiger partial charge is 0.388 e. The van der Waals surface area contributed by atoms with Gasteiger partial charge in [0.15, 0.2) is 0 Å². The lowest BCUT2D eigenvalue weighted by Gasteiger charge is -2.24. The third-order valence-corrected chi connectivity index (χ3v) is 4.87. The highest BCUT2D eigenvalue weighted by Gasteiger charge is 2.26. The molecule has 0 radical (unpaired) electrons. The summed E-state index contributed by atoms with van der Waals surface area (Å²) in [7, 11) is 0. The molecule has 0 saturated carbocycles. The molecule has 1 heterocycles. The summed E-state index contributed by atoms with van der Waals surface area (Å²) in [6, 6.07) is 13.2. The fourth-order valence-electron chi connectivity index (χ4n) is 2.74. The van der Waals surface area contributed by atoms with Gasteiger partial charge in [0.2, 0.25) is 0 Å². The number of aromatic nitrogens is 2. The number of nitrogens with one attached hydrogen (secondary N) is 1. The molecule has 3 rings (SSSR count). The van der Waals surface area contributed by atoms with Crippen LogP contribution in [0.5, 0.6) is 0 Å². The van der Waals surface area contributed by atoms with Crippen LogP contribution < -0.4 is 10.9 Å². The molecule has 1 amide bonds. The van der Waals surface area contributed by atoms with Crippen molar-refractivity contribution in [2.45, 2.75) is 25.6 Å². The van der Waals surface area contributed by atoms with Gasteiger partial charge in [0, 0.05) is 17.1 Å². The molecule has 0 spiro atoms. The molecule has 31 heavy (non-hydrogen) atoms. The second-order valence-electron chi connectivity index (χ2n) is 7.53. The van der Waals surface area contributed by atoms with Crippen molar-refractivity contribution in [1.82, 2.24) is 15.1 Å². The number of rotatable bonds is 6. The minimum Gasteiger partial charge on any atom is -0.388 e. The molecule has 1 atom stereocenters. The van der Waals surface area contributed by atoms with Gasteiger partial charge in [0.05, 0.1) is 23.1 Å². The first-order valence-electron chi connectivity index (χ1n) is 9.41. The second kappa shape index (κ2) is 8.97. The van der Waals surface area contributed by atoms with Gasteiger partial charge >= 0.3 is 0 Å². The average molecular weight is 446 g/mol. The van der Waals surface area contributed by atoms with Crippen LogP contribution in [-0.2, 0) is 0 Å². The zero-order valence-corrected chi connectivity index (χ0v) is 17.6. The molecule has 0 fully saturated rings. The van der Waals surface area contributed by atoms with Gasteiger partial charge in [-0.05, 0) is 50.2 Å². The van der Waals surface area contributed by atoms with E-state index in [4.69, 9.17) is 11.6 Å². The highest BCUT2D eigenvalue weighted by Crippen LogP contribution is 2.20. The molecule has 0 aliphatic rings. The van der Waals surface area contributed by atoms with E-state index in [1.165, 1.54) is 38.1 Å². The summed E-state index contributed by atoms with van der Waals surface area (Å²) < 4.78 is 14.7. The van der Waals surface area contributed by atoms with E-state index in [1.807, 2.05) is 0 Å². The quantitative estimate of drug-likeness (QED) is 0.541. The fraction of sp³-hybridized carbons (Fsp3) is 0.227. The summed E-state index contributed by atoms with van der Waals surface area (Å²) in [6.07, 6.45) is -1.25. The number of hydrogen-bond acceptors (Lipinski definition) is 5. The lowest BCUT2D eigenvalue weighted by atomic mass is 10.0. The highest BCUT2D eigenvalue weighted by atomic mass is 35.5. The molecular formula is C22H21ClFN3O4. The van der Waals surface area contributed by atoms with Gasteiger partial charge in [0.25, 0.3) is 11.5 Å². The molecule has 3 aromatic rings. The van der Waals surface area contributed by atoms with E-state index in [9.17, 15) is 24.2 Å². The number of carbonyl (C=O) groups excluding carboxylic acids is 1. The maximum absolute atomic E-state index is 13.7. The topological polar surface area (TPSA) is 104 Å². The van der Waals surface area contributed by atoms with E-state index in [0.717, 1.165) is 10.7 Å². The van der Waals surface area contributed by atoms with Crippen LogP contribution in [0.15, 0.2) is 59.4 Å². The van der Waals surface area contributed by atoms with Crippen LogP contribution in [0.25, 0.3) is 16.9 Å². The number of benzene rings is 2. The maximum Gasteiger partial charge on any atom is 0.284 e. The van der Waals surface area contributed by atoms with E-state index in [0.29, 0.717) is 10.6 Å². The van der Waals surface area contributed by atoms with Gasteiger partial charge in [-0.1, -0.05) is 29.8 Å². The molecule has 7 nitrogen and oxygen atoms in total. The van der Waals surface area contributed by atoms with E-state index in [2.05, 4.69) is 10.4 Å². The van der Waals surface area contributed by atoms with Crippen molar-refractivity contribution in [3.05, 3.63) is 81.4 Å². The standard InChI is InChI=1S/C22H21ClFN3O4/c1-22(2,31)19(28)12-25-20(29)17-11-18(13-6-8-14(23)9-7-13)26-27(21(17)30)16-5-3-4-15(24)10-16/h3-11,19,28,31H,12H2,1-2H3,(H,25,29). The molecule has 9 heteroatoms. The number of nitrogens with zero attached hydrogens (tertiary/aromatic N) is 2. The summed E-state index contributed by atoms with van der Waals surface area (Å²) in [4.78, 5) is 25.7. The van der Waals surface area contributed by atoms with Gasteiger partial charge in [-0.2, -0.15) is 9.78 Å². The van der Waals surface area contributed by atoms with Crippen molar-refractivity contribution in [2.24, 2.45) is 0 Å². The lowest BCUT2D eigenvalue weighted by molar-refractivity contribution is -0.0453. The summed E-state index contributed by atoms with van der Waals surface area (Å²) in [5.41, 5.74) is -1.45. The van der Waals surface area contributed by atoms with Crippen LogP contribution in [-0.4, -0.2) is 44.2 Å². The Labute approximate surface area is 182 Å². The van der Waals surface area contributed by atoms with Crippen molar-refractivity contribution in [1.29, 1.82) is 0 Å². The number of amides is 1. The Kier molecular flexibility index (Phi) is 6.54. The third kappa shape index (κ3) is 5.35. The van der Waals surface area contributed by atoms with Crippen LogP contribution in [0.1, 0.15) is 24.2 Å². The maximum atomic E-state index is 13.7. The van der Waals surface area contributed by atoms with Crippen molar-refractivity contribution in [3.63, 3.8) is 0 Å². The Hall–Kier alpha value is -3.07. The first-order valence-corrected chi connectivity index (χ1v) is 9.79. The van der Waals surface area contributed by atoms with Crippen molar-refractivity contribution in [2.75, 3.05) is 6.54 Å². The van der Waals surface area contributed by atoms with Crippen LogP contribution in [0.4, 0.5) is 4.39 Å². The minimum atomic E-state index is -1.44. The monoisotopic (exact) mass is 445 g/mol. The number of aliphatic hydroxyl groups excluding tert-OH is 1. The summed E-state index contributed by atoms with van der Waals surface area (Å²) in [5, 5.41) is 27.0. The Morgan fingerprint density at radius 3 is 2.52 bits per heavy atom. The molecule has 0 saturated heterocycles. The molecule has 162 valence electrons. The van der Waals surface area contributed by atoms with Gasteiger partial charge in [-0.3, -0.25) is 9.59 Å². The van der Waals surface area contributed by atoms with Crippen LogP contribution in [0, 0.1) is 5.82 Å². The average Bonchev–Trinajstić information content (AvgIpc) is 2.72. The zero-order valence-electron chi connectivity index (χ0n) is 16.8. The molecule has 1 unspecified atom stereocenters. The van der Waals surface area contributed by atoms with Crippen LogP contribution >= 0.6 is 11.6 Å². The molecule has 3 N–H and O–H groups in total. The summed E-state index contributed by atoms with van der Waals surface area (Å²) in [5.74, 6) is -1.33. The zero-order chi connectivity index (χ0) is 22.8. The highest BCUT2D eigenvalue weighted by molar-refractivity contribution is 6.30. The molecule has 1 aromatic heterocycles. The smallest absolute Gasteiger partial charge is 0.284 e. The van der Waals surface area contributed by atoms with Gasteiger partial charge in [0.1, 0.15) is 11.4 Å². The second-order valence-corrected chi connectivity index (χ2v) is 7.96. The SMILES string of the molecule is CC(C)(O)C(O)CNC(=O)c1cc(-c2ccc(Cl)cc2)nn(-c2cccc(F)c2)c1=O. The number of hydrogen-bond donors (Lipinski definition) is 3. The van der Waals surface area contributed by atoms with Gasteiger partial charge in [-0.15, -0.1) is 0 Å². The van der Waals surface area contributed by atoms with Gasteiger partial charge < -0.3 is 15.5 Å². The number of carbonyl (C=O) groups is 1. The fourth-order valence-corrected chi connectivity index (χ4v) is 2.86. The molecule has 0 aliphatic heterocycles. The number of aliphatic hydroxyl groups is 2. The van der Waals surface area contributed by atoms with E-state index in [-0.39, 0.29) is 23.5 Å². The van der Waals surface area contributed by atoms with Crippen molar-refractivity contribution in [3.8, 4) is 16.9 Å². The van der Waals surface area contributed by atoms with E-state index < -0.39 is 29.0 Å². The normalized spacial score (nSPS) is 12.5. The number of halogens is 2. The first kappa shape index (κ1) is 22.6. The molecule has 0 bridgehead atoms. The van der Waals surface area contributed by atoms with Gasteiger partial charge in [-0.25, -0.2) is 4.39 Å².